The van der Waals surface area contributed by atoms with Gasteiger partial charge in [-0.2, -0.15) is 10.4 Å². The Kier molecular flexibility index (Phi) is 5.65. The highest BCUT2D eigenvalue weighted by molar-refractivity contribution is 5.94. The molecule has 140 valence electrons. The molecule has 2 aromatic rings. The first-order valence-electron chi connectivity index (χ1n) is 9.17. The minimum atomic E-state index is -0.420. The lowest BCUT2D eigenvalue weighted by atomic mass is 10.0. The molecular formula is C20H22FN5O. The third-order valence-electron chi connectivity index (χ3n) is 4.88. The molecular weight excluding hydrogens is 345 g/mol. The van der Waals surface area contributed by atoms with Crippen molar-refractivity contribution in [1.29, 1.82) is 5.26 Å². The molecule has 6 nitrogen and oxygen atoms in total. The van der Waals surface area contributed by atoms with Gasteiger partial charge in [0.25, 0.3) is 5.91 Å². The molecule has 1 aromatic carbocycles. The molecule has 1 aliphatic heterocycles. The number of anilines is 1. The molecule has 27 heavy (non-hydrogen) atoms. The van der Waals surface area contributed by atoms with E-state index in [2.05, 4.69) is 16.3 Å². The van der Waals surface area contributed by atoms with Crippen LogP contribution in [0.15, 0.2) is 24.3 Å². The number of carbonyl (C=O) groups is 1. The lowest BCUT2D eigenvalue weighted by molar-refractivity contribution is 0.0746. The molecule has 3 rings (SSSR count). The van der Waals surface area contributed by atoms with Crippen molar-refractivity contribution in [3.8, 4) is 6.07 Å². The first-order valence-corrected chi connectivity index (χ1v) is 9.17. The number of benzene rings is 1. The maximum absolute atomic E-state index is 13.4. The van der Waals surface area contributed by atoms with Crippen LogP contribution in [0.1, 0.15) is 41.0 Å². The van der Waals surface area contributed by atoms with Crippen LogP contribution >= 0.6 is 0 Å². The largest absolute Gasteiger partial charge is 0.350 e. The zero-order valence-corrected chi connectivity index (χ0v) is 15.6. The van der Waals surface area contributed by atoms with Crippen LogP contribution < -0.4 is 4.90 Å². The lowest BCUT2D eigenvalue weighted by Gasteiger charge is -2.35. The molecule has 1 aromatic heterocycles. The number of nitrogens with zero attached hydrogens (tertiary/aromatic N) is 5. The fourth-order valence-electron chi connectivity index (χ4n) is 3.43. The average Bonchev–Trinajstić information content (AvgIpc) is 2.72. The van der Waals surface area contributed by atoms with Gasteiger partial charge in [-0.1, -0.05) is 19.9 Å². The van der Waals surface area contributed by atoms with Gasteiger partial charge in [0.15, 0.2) is 5.82 Å². The van der Waals surface area contributed by atoms with E-state index in [1.54, 1.807) is 11.0 Å². The van der Waals surface area contributed by atoms with E-state index >= 15 is 0 Å². The first-order chi connectivity index (χ1) is 13.1. The van der Waals surface area contributed by atoms with E-state index in [1.807, 2.05) is 18.7 Å². The number of carbonyl (C=O) groups excluding carboxylic acids is 1. The van der Waals surface area contributed by atoms with E-state index in [0.717, 1.165) is 24.1 Å². The number of aryl methyl sites for hydroxylation is 1. The van der Waals surface area contributed by atoms with Crippen LogP contribution in [0.2, 0.25) is 0 Å². The van der Waals surface area contributed by atoms with Crippen molar-refractivity contribution in [2.45, 2.75) is 26.7 Å². The molecule has 1 saturated heterocycles. The van der Waals surface area contributed by atoms with Crippen LogP contribution in [0.3, 0.4) is 0 Å². The van der Waals surface area contributed by atoms with Crippen LogP contribution in [0.5, 0.6) is 0 Å². The second kappa shape index (κ2) is 8.12. The zero-order valence-electron chi connectivity index (χ0n) is 15.6. The van der Waals surface area contributed by atoms with Gasteiger partial charge in [0.1, 0.15) is 17.4 Å². The van der Waals surface area contributed by atoms with Crippen molar-refractivity contribution in [3.05, 3.63) is 52.5 Å². The Morgan fingerprint density at radius 2 is 1.93 bits per heavy atom. The maximum atomic E-state index is 13.4. The first kappa shape index (κ1) is 18.8. The van der Waals surface area contributed by atoms with Crippen LogP contribution in [0, 0.1) is 17.1 Å². The Morgan fingerprint density at radius 1 is 1.19 bits per heavy atom. The van der Waals surface area contributed by atoms with Gasteiger partial charge in [0, 0.05) is 31.7 Å². The van der Waals surface area contributed by atoms with Crippen molar-refractivity contribution in [2.24, 2.45) is 0 Å². The third kappa shape index (κ3) is 3.75. The molecule has 0 atom stereocenters. The number of halogens is 1. The Hall–Kier alpha value is -3.01. The van der Waals surface area contributed by atoms with Gasteiger partial charge in [0.05, 0.1) is 5.69 Å². The SMILES string of the molecule is CCc1nnc(N2CCN(C(=O)c3cccc(F)c3)CC2)c(C#N)c1CC. The summed E-state index contributed by atoms with van der Waals surface area (Å²) >= 11 is 0. The number of hydrogen-bond acceptors (Lipinski definition) is 5. The summed E-state index contributed by atoms with van der Waals surface area (Å²) in [6.45, 7) is 6.09. The van der Waals surface area contributed by atoms with Crippen LogP contribution in [-0.4, -0.2) is 47.2 Å². The molecule has 1 amide bonds. The number of nitriles is 1. The molecule has 7 heteroatoms. The van der Waals surface area contributed by atoms with Gasteiger partial charge >= 0.3 is 0 Å². The van der Waals surface area contributed by atoms with E-state index < -0.39 is 5.82 Å². The Labute approximate surface area is 158 Å². The predicted molar refractivity (Wildman–Crippen MR) is 100 cm³/mol. The van der Waals surface area contributed by atoms with Crippen LogP contribution in [-0.2, 0) is 12.8 Å². The molecule has 1 fully saturated rings. The monoisotopic (exact) mass is 367 g/mol. The third-order valence-corrected chi connectivity index (χ3v) is 4.88. The number of rotatable bonds is 4. The number of aromatic nitrogens is 2. The molecule has 0 bridgehead atoms. The van der Waals surface area contributed by atoms with Crippen molar-refractivity contribution < 1.29 is 9.18 Å². The van der Waals surface area contributed by atoms with Crippen LogP contribution in [0.25, 0.3) is 0 Å². The molecule has 0 saturated carbocycles. The van der Waals surface area contributed by atoms with Gasteiger partial charge in [-0.25, -0.2) is 4.39 Å². The van der Waals surface area contributed by atoms with Gasteiger partial charge < -0.3 is 9.80 Å². The second-order valence-electron chi connectivity index (χ2n) is 6.43. The number of hydrogen-bond donors (Lipinski definition) is 0. The summed E-state index contributed by atoms with van der Waals surface area (Å²) in [6.07, 6.45) is 1.47. The summed E-state index contributed by atoms with van der Waals surface area (Å²) in [5.41, 5.74) is 2.73. The number of piperazine rings is 1. The highest BCUT2D eigenvalue weighted by atomic mass is 19.1. The fraction of sp³-hybridized carbons (Fsp3) is 0.400. The summed E-state index contributed by atoms with van der Waals surface area (Å²) in [5.74, 6) is -0.0164. The van der Waals surface area contributed by atoms with Crippen LogP contribution in [0.4, 0.5) is 10.2 Å². The molecule has 0 unspecified atom stereocenters. The van der Waals surface area contributed by atoms with Crippen molar-refractivity contribution >= 4 is 11.7 Å². The van der Waals surface area contributed by atoms with Gasteiger partial charge in [-0.3, -0.25) is 4.79 Å². The smallest absolute Gasteiger partial charge is 0.254 e. The lowest BCUT2D eigenvalue weighted by Crippen LogP contribution is -2.49. The van der Waals surface area contributed by atoms with E-state index in [4.69, 9.17) is 0 Å². The van der Waals surface area contributed by atoms with Gasteiger partial charge in [-0.15, -0.1) is 5.10 Å². The van der Waals surface area contributed by atoms with E-state index in [9.17, 15) is 14.4 Å². The minimum absolute atomic E-state index is 0.184. The van der Waals surface area contributed by atoms with Crippen molar-refractivity contribution in [2.75, 3.05) is 31.1 Å². The molecule has 0 aliphatic carbocycles. The highest BCUT2D eigenvalue weighted by Crippen LogP contribution is 2.24. The summed E-state index contributed by atoms with van der Waals surface area (Å²) in [5, 5.41) is 18.2. The molecule has 1 aliphatic rings. The quantitative estimate of drug-likeness (QED) is 0.830. The van der Waals surface area contributed by atoms with Crippen molar-refractivity contribution in [1.82, 2.24) is 15.1 Å². The Balaban J connectivity index is 1.76. The summed E-state index contributed by atoms with van der Waals surface area (Å²) < 4.78 is 13.4. The normalized spacial score (nSPS) is 14.1. The zero-order chi connectivity index (χ0) is 19.4. The Morgan fingerprint density at radius 3 is 2.52 bits per heavy atom. The van der Waals surface area contributed by atoms with E-state index in [0.29, 0.717) is 43.1 Å². The summed E-state index contributed by atoms with van der Waals surface area (Å²) in [7, 11) is 0. The standard InChI is InChI=1S/C20H22FN5O/c1-3-16-17(13-22)19(24-23-18(16)4-2)25-8-10-26(11-9-25)20(27)14-6-5-7-15(21)12-14/h5-7,12H,3-4,8-11H2,1-2H3. The fourth-order valence-corrected chi connectivity index (χ4v) is 3.43. The second-order valence-corrected chi connectivity index (χ2v) is 6.43. The molecule has 0 spiro atoms. The number of amides is 1. The molecule has 2 heterocycles. The minimum Gasteiger partial charge on any atom is -0.350 e. The molecule has 0 N–H and O–H groups in total. The van der Waals surface area contributed by atoms with Crippen molar-refractivity contribution in [3.63, 3.8) is 0 Å². The predicted octanol–water partition coefficient (Wildman–Crippen LogP) is 2.57. The molecule has 0 radical (unpaired) electrons. The van der Waals surface area contributed by atoms with Gasteiger partial charge in [0.2, 0.25) is 0 Å². The van der Waals surface area contributed by atoms with E-state index in [-0.39, 0.29) is 5.91 Å². The summed E-state index contributed by atoms with van der Waals surface area (Å²) in [6, 6.07) is 8.02. The Bertz CT molecular complexity index is 884. The topological polar surface area (TPSA) is 73.1 Å². The van der Waals surface area contributed by atoms with Gasteiger partial charge in [-0.05, 0) is 36.6 Å². The summed E-state index contributed by atoms with van der Waals surface area (Å²) in [4.78, 5) is 16.3. The maximum Gasteiger partial charge on any atom is 0.254 e. The highest BCUT2D eigenvalue weighted by Gasteiger charge is 2.26. The van der Waals surface area contributed by atoms with E-state index in [1.165, 1.54) is 18.2 Å². The average molecular weight is 367 g/mol.